The highest BCUT2D eigenvalue weighted by Gasteiger charge is 2.38. The van der Waals surface area contributed by atoms with Gasteiger partial charge in [-0.15, -0.1) is 5.10 Å². The van der Waals surface area contributed by atoms with Crippen molar-refractivity contribution in [3.05, 3.63) is 125 Å². The van der Waals surface area contributed by atoms with Crippen molar-refractivity contribution in [2.45, 2.75) is 50.5 Å². The number of aromatic nitrogens is 4. The molecule has 6 rings (SSSR count). The molecule has 4 atom stereocenters. The molecule has 1 fully saturated rings. The van der Waals surface area contributed by atoms with Crippen LogP contribution in [0.25, 0.3) is 5.69 Å². The number of nitrogens with zero attached hydrogens (tertiary/aromatic N) is 4. The van der Waals surface area contributed by atoms with Gasteiger partial charge in [-0.1, -0.05) is 79.3 Å². The van der Waals surface area contributed by atoms with Crippen molar-refractivity contribution < 1.29 is 29.3 Å². The molecule has 0 saturated carbocycles. The molecule has 4 aromatic carbocycles. The van der Waals surface area contributed by atoms with E-state index in [1.807, 2.05) is 48.5 Å². The number of hydrogen-bond donors (Lipinski definition) is 3. The molecule has 1 aliphatic heterocycles. The standard InChI is InChI=1S/C36H35N5O6S/c1-22-32(21-48-36-38-39-40-41(36)30-14-16-31(44)17-15-30)46-35(47-34(22)26-10-8-25(20-42)9-11-26)27-12-6-24(7-13-27)18-33(45)37-29-5-3-4-28(19-29)23(2)43/h3-17,19,22,32,34-35,42,44H,18,20-21H2,1-2H3,(H,37,45)/t22-,32+,34+,35?/m0/s1. The van der Waals surface area contributed by atoms with Crippen LogP contribution in [-0.2, 0) is 27.3 Å². The van der Waals surface area contributed by atoms with Crippen molar-refractivity contribution >= 4 is 29.1 Å². The maximum Gasteiger partial charge on any atom is 0.228 e. The van der Waals surface area contributed by atoms with E-state index in [0.29, 0.717) is 22.2 Å². The number of ketones is 1. The van der Waals surface area contributed by atoms with E-state index in [9.17, 15) is 19.8 Å². The number of ether oxygens (including phenoxy) is 2. The minimum Gasteiger partial charge on any atom is -0.508 e. The lowest BCUT2D eigenvalue weighted by Crippen LogP contribution is -2.38. The van der Waals surface area contributed by atoms with Gasteiger partial charge >= 0.3 is 0 Å². The molecular formula is C36H35N5O6S. The highest BCUT2D eigenvalue weighted by Crippen LogP contribution is 2.43. The summed E-state index contributed by atoms with van der Waals surface area (Å²) in [4.78, 5) is 24.5. The van der Waals surface area contributed by atoms with Crippen LogP contribution in [-0.4, -0.2) is 54.0 Å². The first-order valence-electron chi connectivity index (χ1n) is 15.5. The summed E-state index contributed by atoms with van der Waals surface area (Å²) in [6.45, 7) is 3.53. The van der Waals surface area contributed by atoms with E-state index in [1.54, 1.807) is 53.2 Å². The zero-order chi connectivity index (χ0) is 33.6. The number of phenolic OH excluding ortho intramolecular Hbond substituents is 1. The fourth-order valence-corrected chi connectivity index (χ4v) is 6.54. The molecule has 1 saturated heterocycles. The topological polar surface area (TPSA) is 149 Å². The number of aliphatic hydroxyl groups is 1. The fourth-order valence-electron chi connectivity index (χ4n) is 5.49. The van der Waals surface area contributed by atoms with E-state index < -0.39 is 6.29 Å². The highest BCUT2D eigenvalue weighted by molar-refractivity contribution is 7.99. The maximum absolute atomic E-state index is 12.8. The number of phenols is 1. The van der Waals surface area contributed by atoms with Crippen LogP contribution >= 0.6 is 11.8 Å². The van der Waals surface area contributed by atoms with Crippen LogP contribution in [0.3, 0.4) is 0 Å². The molecule has 11 nitrogen and oxygen atoms in total. The first-order valence-corrected chi connectivity index (χ1v) is 16.5. The molecule has 246 valence electrons. The lowest BCUT2D eigenvalue weighted by atomic mass is 9.91. The van der Waals surface area contributed by atoms with Crippen LogP contribution in [0.1, 0.15) is 58.9 Å². The summed E-state index contributed by atoms with van der Waals surface area (Å²) >= 11 is 1.46. The van der Waals surface area contributed by atoms with Crippen LogP contribution in [0.4, 0.5) is 5.69 Å². The number of aromatic hydroxyl groups is 1. The lowest BCUT2D eigenvalue weighted by molar-refractivity contribution is -0.268. The Morgan fingerprint density at radius 1 is 0.917 bits per heavy atom. The van der Waals surface area contributed by atoms with E-state index in [-0.39, 0.29) is 48.6 Å². The second-order valence-electron chi connectivity index (χ2n) is 11.6. The number of carbonyl (C=O) groups is 2. The second kappa shape index (κ2) is 14.9. The molecule has 1 aliphatic rings. The van der Waals surface area contributed by atoms with Gasteiger partial charge in [-0.2, -0.15) is 4.68 Å². The Balaban J connectivity index is 1.18. The Bertz CT molecular complexity index is 1860. The van der Waals surface area contributed by atoms with Gasteiger partial charge in [0.05, 0.1) is 30.9 Å². The molecule has 1 aromatic heterocycles. The molecule has 48 heavy (non-hydrogen) atoms. The molecule has 3 N–H and O–H groups in total. The Hall–Kier alpha value is -4.88. The van der Waals surface area contributed by atoms with E-state index in [1.165, 1.54) is 18.7 Å². The summed E-state index contributed by atoms with van der Waals surface area (Å²) < 4.78 is 14.8. The Morgan fingerprint density at radius 2 is 1.62 bits per heavy atom. The van der Waals surface area contributed by atoms with Gasteiger partial charge in [0.1, 0.15) is 5.75 Å². The van der Waals surface area contributed by atoms with Gasteiger partial charge in [-0.25, -0.2) is 0 Å². The minimum absolute atomic E-state index is 0.0444. The number of amides is 1. The van der Waals surface area contributed by atoms with Crippen molar-refractivity contribution in [2.24, 2.45) is 5.92 Å². The zero-order valence-electron chi connectivity index (χ0n) is 26.4. The minimum atomic E-state index is -0.681. The third-order valence-electron chi connectivity index (χ3n) is 8.20. The predicted octanol–water partition coefficient (Wildman–Crippen LogP) is 5.83. The molecule has 12 heteroatoms. The Morgan fingerprint density at radius 3 is 2.33 bits per heavy atom. The summed E-state index contributed by atoms with van der Waals surface area (Å²) in [5.41, 5.74) is 5.23. The number of nitrogens with one attached hydrogen (secondary N) is 1. The van der Waals surface area contributed by atoms with Crippen molar-refractivity contribution in [1.82, 2.24) is 20.2 Å². The predicted molar refractivity (Wildman–Crippen MR) is 180 cm³/mol. The number of carbonyl (C=O) groups excluding carboxylic acids is 2. The number of anilines is 1. The molecule has 0 radical (unpaired) electrons. The first-order chi connectivity index (χ1) is 23.3. The van der Waals surface area contributed by atoms with Crippen LogP contribution in [0.5, 0.6) is 5.75 Å². The Kier molecular flexibility index (Phi) is 10.3. The first kappa shape index (κ1) is 33.0. The summed E-state index contributed by atoms with van der Waals surface area (Å²) in [6, 6.07) is 28.8. The number of rotatable bonds is 11. The van der Waals surface area contributed by atoms with Gasteiger partial charge in [-0.05, 0) is 70.4 Å². The van der Waals surface area contributed by atoms with Gasteiger partial charge < -0.3 is 25.0 Å². The molecule has 1 amide bonds. The van der Waals surface area contributed by atoms with E-state index >= 15 is 0 Å². The fraction of sp³-hybridized carbons (Fsp3) is 0.250. The zero-order valence-corrected chi connectivity index (χ0v) is 27.2. The quantitative estimate of drug-likeness (QED) is 0.116. The number of thioether (sulfide) groups is 1. The molecule has 0 aliphatic carbocycles. The SMILES string of the molecule is CC(=O)c1cccc(NC(=O)Cc2ccc(C3O[C@H](CSc4nnnn4-c4ccc(O)cc4)[C@H](C)[C@H](c4ccc(CO)cc4)O3)cc2)c1. The Labute approximate surface area is 281 Å². The number of aliphatic hydroxyl groups excluding tert-OH is 1. The third kappa shape index (κ3) is 7.80. The average Bonchev–Trinajstić information content (AvgIpc) is 3.57. The normalized spacial score (nSPS) is 19.1. The lowest BCUT2D eigenvalue weighted by Gasteiger charge is -2.41. The third-order valence-corrected chi connectivity index (χ3v) is 9.21. The molecule has 0 spiro atoms. The van der Waals surface area contributed by atoms with Gasteiger partial charge in [0.15, 0.2) is 12.1 Å². The van der Waals surface area contributed by atoms with Crippen LogP contribution in [0, 0.1) is 5.92 Å². The summed E-state index contributed by atoms with van der Waals surface area (Å²) in [5, 5.41) is 34.9. The van der Waals surface area contributed by atoms with Gasteiger partial charge in [0, 0.05) is 28.5 Å². The summed E-state index contributed by atoms with van der Waals surface area (Å²) in [5.74, 6) is 0.384. The van der Waals surface area contributed by atoms with Crippen LogP contribution < -0.4 is 5.32 Å². The second-order valence-corrected chi connectivity index (χ2v) is 12.6. The van der Waals surface area contributed by atoms with Crippen LogP contribution in [0.15, 0.2) is 102 Å². The van der Waals surface area contributed by atoms with Crippen LogP contribution in [0.2, 0.25) is 0 Å². The van der Waals surface area contributed by atoms with E-state index in [2.05, 4.69) is 27.8 Å². The van der Waals surface area contributed by atoms with Crippen molar-refractivity contribution in [1.29, 1.82) is 0 Å². The number of Topliss-reactive ketones (excluding diaryl/α,β-unsaturated/α-hetero) is 1. The largest absolute Gasteiger partial charge is 0.508 e. The molecule has 2 heterocycles. The smallest absolute Gasteiger partial charge is 0.228 e. The monoisotopic (exact) mass is 665 g/mol. The highest BCUT2D eigenvalue weighted by atomic mass is 32.2. The summed E-state index contributed by atoms with van der Waals surface area (Å²) in [6.07, 6.45) is -1.08. The van der Waals surface area contributed by atoms with Crippen molar-refractivity contribution in [3.8, 4) is 11.4 Å². The van der Waals surface area contributed by atoms with Crippen molar-refractivity contribution in [2.75, 3.05) is 11.1 Å². The van der Waals surface area contributed by atoms with E-state index in [4.69, 9.17) is 9.47 Å². The average molecular weight is 666 g/mol. The van der Waals surface area contributed by atoms with E-state index in [0.717, 1.165) is 27.9 Å². The molecule has 1 unspecified atom stereocenters. The van der Waals surface area contributed by atoms with Gasteiger partial charge in [0.2, 0.25) is 11.1 Å². The van der Waals surface area contributed by atoms with Gasteiger partial charge in [0.25, 0.3) is 0 Å². The molecule has 5 aromatic rings. The number of hydrogen-bond acceptors (Lipinski definition) is 10. The van der Waals surface area contributed by atoms with Gasteiger partial charge in [-0.3, -0.25) is 9.59 Å². The maximum atomic E-state index is 12.8. The number of tetrazole rings is 1. The number of benzene rings is 4. The van der Waals surface area contributed by atoms with Crippen molar-refractivity contribution in [3.63, 3.8) is 0 Å². The summed E-state index contributed by atoms with van der Waals surface area (Å²) in [7, 11) is 0. The molecular weight excluding hydrogens is 630 g/mol. The molecule has 0 bridgehead atoms.